The Hall–Kier alpha value is -1.68. The second kappa shape index (κ2) is 5.26. The number of anilines is 1. The summed E-state index contributed by atoms with van der Waals surface area (Å²) in [6.07, 6.45) is -2.84. The number of rotatable bonds is 3. The predicted molar refractivity (Wildman–Crippen MR) is 72.5 cm³/mol. The van der Waals surface area contributed by atoms with E-state index in [0.717, 1.165) is 10.8 Å². The molecule has 4 atom stereocenters. The molecule has 1 aliphatic rings. The van der Waals surface area contributed by atoms with Crippen molar-refractivity contribution in [2.75, 3.05) is 12.3 Å². The van der Waals surface area contributed by atoms with Crippen molar-refractivity contribution in [1.29, 1.82) is 0 Å². The third kappa shape index (κ3) is 2.18. The van der Waals surface area contributed by atoms with Gasteiger partial charge in [0.2, 0.25) is 0 Å². The minimum absolute atomic E-state index is 0.229. The number of nitrogens with one attached hydrogen (secondary N) is 1. The molecule has 118 valence electrons. The fourth-order valence-electron chi connectivity index (χ4n) is 2.68. The van der Waals surface area contributed by atoms with Crippen LogP contribution < -0.4 is 17.0 Å². The summed E-state index contributed by atoms with van der Waals surface area (Å²) in [5, 5.41) is 29.5. The summed E-state index contributed by atoms with van der Waals surface area (Å²) in [6.45, 7) is 2.81. The van der Waals surface area contributed by atoms with E-state index in [1.807, 2.05) is 4.98 Å². The maximum Gasteiger partial charge on any atom is 0.330 e. The average Bonchev–Trinajstić information content (AvgIpc) is 2.68. The van der Waals surface area contributed by atoms with Crippen LogP contribution >= 0.6 is 0 Å². The molecule has 1 saturated heterocycles. The van der Waals surface area contributed by atoms with Gasteiger partial charge in [-0.2, -0.15) is 0 Å². The molecule has 9 heteroatoms. The molecule has 6 N–H and O–H groups in total. The van der Waals surface area contributed by atoms with E-state index in [-0.39, 0.29) is 5.69 Å². The molecule has 0 aliphatic carbocycles. The number of nitrogens with two attached hydrogens (primary N) is 1. The third-order valence-electron chi connectivity index (χ3n) is 3.82. The van der Waals surface area contributed by atoms with E-state index in [2.05, 4.69) is 0 Å². The van der Waals surface area contributed by atoms with E-state index in [4.69, 9.17) is 10.5 Å². The fraction of sp³-hybridized carbons (Fsp3) is 0.667. The summed E-state index contributed by atoms with van der Waals surface area (Å²) in [5.74, 6) is -0.457. The van der Waals surface area contributed by atoms with E-state index < -0.39 is 47.8 Å². The van der Waals surface area contributed by atoms with Crippen LogP contribution in [0.1, 0.15) is 13.8 Å². The SMILES string of the molecule is CC(C)[C@@]1(n2cc(N)c(=O)[nH]c2=O)O[C@H](CO)[C@@H](O)[C@H]1O. The zero-order valence-electron chi connectivity index (χ0n) is 11.7. The van der Waals surface area contributed by atoms with Gasteiger partial charge < -0.3 is 25.8 Å². The standard InChI is InChI=1S/C12H19N3O6/c1-5(2)12(9(18)8(17)7(4-16)21-12)15-3-6(13)10(19)14-11(15)20/h3,5,7-9,16-18H,4,13H2,1-2H3,(H,14,19,20)/t7-,8-,9-,12-/m1/s1. The molecule has 0 amide bonds. The van der Waals surface area contributed by atoms with Crippen LogP contribution in [0.4, 0.5) is 5.69 Å². The molecular formula is C12H19N3O6. The number of hydrogen-bond donors (Lipinski definition) is 5. The van der Waals surface area contributed by atoms with E-state index in [9.17, 15) is 24.9 Å². The summed E-state index contributed by atoms with van der Waals surface area (Å²) in [4.78, 5) is 25.4. The van der Waals surface area contributed by atoms with Crippen molar-refractivity contribution >= 4 is 5.69 Å². The summed E-state index contributed by atoms with van der Waals surface area (Å²) in [6, 6.07) is 0. The Balaban J connectivity index is 2.68. The number of aliphatic hydroxyl groups excluding tert-OH is 3. The number of aromatic nitrogens is 2. The van der Waals surface area contributed by atoms with Crippen molar-refractivity contribution in [1.82, 2.24) is 9.55 Å². The van der Waals surface area contributed by atoms with Gasteiger partial charge >= 0.3 is 5.69 Å². The van der Waals surface area contributed by atoms with Crippen LogP contribution in [0, 0.1) is 5.92 Å². The first-order valence-electron chi connectivity index (χ1n) is 6.52. The quantitative estimate of drug-likeness (QED) is 0.415. The second-order valence-corrected chi connectivity index (χ2v) is 5.39. The lowest BCUT2D eigenvalue weighted by molar-refractivity contribution is -0.178. The monoisotopic (exact) mass is 301 g/mol. The van der Waals surface area contributed by atoms with Gasteiger partial charge in [-0.1, -0.05) is 13.8 Å². The van der Waals surface area contributed by atoms with Gasteiger partial charge in [0.25, 0.3) is 5.56 Å². The number of aromatic amines is 1. The van der Waals surface area contributed by atoms with Crippen LogP contribution in [0.15, 0.2) is 15.8 Å². The van der Waals surface area contributed by atoms with Gasteiger partial charge in [-0.3, -0.25) is 14.3 Å². The minimum atomic E-state index is -1.64. The van der Waals surface area contributed by atoms with Crippen LogP contribution in [-0.2, 0) is 10.5 Å². The molecule has 2 heterocycles. The number of nitrogens with zero attached hydrogens (tertiary/aromatic N) is 1. The summed E-state index contributed by atoms with van der Waals surface area (Å²) < 4.78 is 6.54. The van der Waals surface area contributed by atoms with Crippen molar-refractivity contribution < 1.29 is 20.1 Å². The van der Waals surface area contributed by atoms with Gasteiger partial charge in [0, 0.05) is 12.1 Å². The highest BCUT2D eigenvalue weighted by atomic mass is 16.6. The molecule has 1 aliphatic heterocycles. The summed E-state index contributed by atoms with van der Waals surface area (Å²) >= 11 is 0. The van der Waals surface area contributed by atoms with E-state index in [1.165, 1.54) is 0 Å². The lowest BCUT2D eigenvalue weighted by atomic mass is 9.91. The molecule has 1 aromatic heterocycles. The molecule has 1 aromatic rings. The second-order valence-electron chi connectivity index (χ2n) is 5.39. The maximum absolute atomic E-state index is 12.1. The van der Waals surface area contributed by atoms with E-state index >= 15 is 0 Å². The zero-order chi connectivity index (χ0) is 15.9. The van der Waals surface area contributed by atoms with Crippen molar-refractivity contribution in [3.8, 4) is 0 Å². The highest BCUT2D eigenvalue weighted by Gasteiger charge is 2.57. The summed E-state index contributed by atoms with van der Waals surface area (Å²) in [7, 11) is 0. The topological polar surface area (TPSA) is 151 Å². The first-order valence-corrected chi connectivity index (χ1v) is 6.52. The number of H-pyrrole nitrogens is 1. The first kappa shape index (κ1) is 15.7. The molecule has 0 bridgehead atoms. The Bertz CT molecular complexity index is 639. The van der Waals surface area contributed by atoms with E-state index in [0.29, 0.717) is 0 Å². The Morgan fingerprint density at radius 2 is 2.10 bits per heavy atom. The van der Waals surface area contributed by atoms with Gasteiger partial charge in [-0.25, -0.2) is 4.79 Å². The van der Waals surface area contributed by atoms with Crippen LogP contribution in [0.5, 0.6) is 0 Å². The molecule has 0 radical (unpaired) electrons. The Labute approximate surface area is 119 Å². The van der Waals surface area contributed by atoms with Gasteiger partial charge in [0.1, 0.15) is 24.0 Å². The number of aliphatic hydroxyl groups is 3. The Morgan fingerprint density at radius 1 is 1.48 bits per heavy atom. The molecule has 9 nitrogen and oxygen atoms in total. The van der Waals surface area contributed by atoms with Gasteiger partial charge in [0.05, 0.1) is 6.61 Å². The van der Waals surface area contributed by atoms with Crippen molar-refractivity contribution in [3.63, 3.8) is 0 Å². The zero-order valence-corrected chi connectivity index (χ0v) is 11.7. The third-order valence-corrected chi connectivity index (χ3v) is 3.82. The number of nitrogen functional groups attached to an aromatic ring is 1. The van der Waals surface area contributed by atoms with Crippen molar-refractivity contribution in [2.45, 2.75) is 37.9 Å². The Kier molecular flexibility index (Phi) is 3.93. The lowest BCUT2D eigenvalue weighted by Gasteiger charge is -2.37. The van der Waals surface area contributed by atoms with Gasteiger partial charge in [0.15, 0.2) is 5.72 Å². The Morgan fingerprint density at radius 3 is 2.57 bits per heavy atom. The molecule has 0 spiro atoms. The van der Waals surface area contributed by atoms with Crippen molar-refractivity contribution in [3.05, 3.63) is 27.0 Å². The first-order chi connectivity index (χ1) is 9.75. The molecular weight excluding hydrogens is 282 g/mol. The minimum Gasteiger partial charge on any atom is -0.394 e. The smallest absolute Gasteiger partial charge is 0.330 e. The number of ether oxygens (including phenoxy) is 1. The molecule has 21 heavy (non-hydrogen) atoms. The maximum atomic E-state index is 12.1. The molecule has 0 aromatic carbocycles. The molecule has 2 rings (SSSR count). The largest absolute Gasteiger partial charge is 0.394 e. The van der Waals surface area contributed by atoms with Crippen LogP contribution in [0.3, 0.4) is 0 Å². The van der Waals surface area contributed by atoms with Crippen molar-refractivity contribution in [2.24, 2.45) is 5.92 Å². The molecule has 1 fully saturated rings. The predicted octanol–water partition coefficient (Wildman–Crippen LogP) is -2.46. The molecule has 0 saturated carbocycles. The van der Waals surface area contributed by atoms with Crippen LogP contribution in [0.2, 0.25) is 0 Å². The average molecular weight is 301 g/mol. The summed E-state index contributed by atoms with van der Waals surface area (Å²) in [5.41, 5.74) is 2.07. The van der Waals surface area contributed by atoms with Gasteiger partial charge in [-0.15, -0.1) is 0 Å². The lowest BCUT2D eigenvalue weighted by Crippen LogP contribution is -2.55. The van der Waals surface area contributed by atoms with Crippen LogP contribution in [0.25, 0.3) is 0 Å². The molecule has 0 unspecified atom stereocenters. The van der Waals surface area contributed by atoms with Crippen LogP contribution in [-0.4, -0.2) is 49.8 Å². The normalized spacial score (nSPS) is 32.8. The van der Waals surface area contributed by atoms with E-state index in [1.54, 1.807) is 13.8 Å². The highest BCUT2D eigenvalue weighted by Crippen LogP contribution is 2.40. The fourth-order valence-corrected chi connectivity index (χ4v) is 2.68. The highest BCUT2D eigenvalue weighted by molar-refractivity contribution is 5.31. The number of hydrogen-bond acceptors (Lipinski definition) is 7. The van der Waals surface area contributed by atoms with Gasteiger partial charge in [-0.05, 0) is 0 Å².